The van der Waals surface area contributed by atoms with Crippen molar-refractivity contribution in [1.29, 1.82) is 0 Å². The number of thiophene rings is 1. The lowest BCUT2D eigenvalue weighted by molar-refractivity contribution is -0.119. The lowest BCUT2D eigenvalue weighted by Gasteiger charge is -2.11. The number of nitrogens with one attached hydrogen (secondary N) is 1. The van der Waals surface area contributed by atoms with Gasteiger partial charge in [-0.1, -0.05) is 6.07 Å². The number of carbonyl (C=O) groups excluding carboxylic acids is 2. The van der Waals surface area contributed by atoms with Crippen molar-refractivity contribution >= 4 is 28.9 Å². The van der Waals surface area contributed by atoms with E-state index in [0.717, 1.165) is 0 Å². The lowest BCUT2D eigenvalue weighted by atomic mass is 10.2. The number of methoxy groups -OCH3 is 2. The zero-order valence-electron chi connectivity index (χ0n) is 12.1. The molecule has 0 radical (unpaired) electrons. The van der Waals surface area contributed by atoms with Gasteiger partial charge in [-0.05, 0) is 23.6 Å². The maximum Gasteiger partial charge on any atom is 0.348 e. The maximum atomic E-state index is 11.9. The van der Waals surface area contributed by atoms with Crippen molar-refractivity contribution in [3.63, 3.8) is 0 Å². The fraction of sp³-hybridized carbons (Fsp3) is 0.200. The first-order valence-electron chi connectivity index (χ1n) is 6.36. The normalized spacial score (nSPS) is 9.91. The second-order valence-corrected chi connectivity index (χ2v) is 5.12. The van der Waals surface area contributed by atoms with Crippen LogP contribution in [-0.2, 0) is 9.53 Å². The van der Waals surface area contributed by atoms with Crippen LogP contribution in [0.1, 0.15) is 9.67 Å². The maximum absolute atomic E-state index is 11.9. The highest BCUT2D eigenvalue weighted by Crippen LogP contribution is 2.28. The topological polar surface area (TPSA) is 73.9 Å². The Balaban J connectivity index is 1.95. The molecule has 2 rings (SSSR count). The Kier molecular flexibility index (Phi) is 5.37. The summed E-state index contributed by atoms with van der Waals surface area (Å²) < 4.78 is 15.2. The van der Waals surface area contributed by atoms with Gasteiger partial charge in [0.1, 0.15) is 16.4 Å². The molecule has 1 amide bonds. The largest absolute Gasteiger partial charge is 0.497 e. The monoisotopic (exact) mass is 321 g/mol. The zero-order chi connectivity index (χ0) is 15.9. The van der Waals surface area contributed by atoms with Gasteiger partial charge in [0, 0.05) is 6.07 Å². The van der Waals surface area contributed by atoms with Gasteiger partial charge in [0.25, 0.3) is 5.91 Å². The summed E-state index contributed by atoms with van der Waals surface area (Å²) in [5.74, 6) is 0.0737. The number of amides is 1. The molecule has 116 valence electrons. The Morgan fingerprint density at radius 3 is 2.64 bits per heavy atom. The van der Waals surface area contributed by atoms with Crippen LogP contribution in [0.5, 0.6) is 11.5 Å². The van der Waals surface area contributed by atoms with E-state index in [-0.39, 0.29) is 6.61 Å². The van der Waals surface area contributed by atoms with Crippen LogP contribution in [-0.4, -0.2) is 32.7 Å². The summed E-state index contributed by atoms with van der Waals surface area (Å²) in [6.45, 7) is -0.378. The van der Waals surface area contributed by atoms with E-state index >= 15 is 0 Å². The lowest BCUT2D eigenvalue weighted by Crippen LogP contribution is -2.21. The number of anilines is 1. The van der Waals surface area contributed by atoms with Crippen LogP contribution in [0, 0.1) is 0 Å². The summed E-state index contributed by atoms with van der Waals surface area (Å²) in [6.07, 6.45) is 0. The minimum Gasteiger partial charge on any atom is -0.497 e. The molecule has 22 heavy (non-hydrogen) atoms. The average Bonchev–Trinajstić information content (AvgIpc) is 3.07. The molecule has 0 atom stereocenters. The number of esters is 1. The van der Waals surface area contributed by atoms with E-state index in [1.807, 2.05) is 0 Å². The predicted molar refractivity (Wildman–Crippen MR) is 82.8 cm³/mol. The minimum atomic E-state index is -0.525. The molecule has 0 aliphatic carbocycles. The second-order valence-electron chi connectivity index (χ2n) is 4.17. The van der Waals surface area contributed by atoms with Gasteiger partial charge in [-0.3, -0.25) is 4.79 Å². The molecule has 0 saturated carbocycles. The molecule has 1 aromatic carbocycles. The average molecular weight is 321 g/mol. The van der Waals surface area contributed by atoms with Crippen molar-refractivity contribution in [1.82, 2.24) is 0 Å². The van der Waals surface area contributed by atoms with Crippen LogP contribution >= 0.6 is 11.3 Å². The number of carbonyl (C=O) groups is 2. The van der Waals surface area contributed by atoms with Crippen LogP contribution in [0.25, 0.3) is 0 Å². The van der Waals surface area contributed by atoms with Gasteiger partial charge in [-0.15, -0.1) is 11.3 Å². The third kappa shape index (κ3) is 3.98. The molecule has 1 heterocycles. The van der Waals surface area contributed by atoms with Crippen LogP contribution in [0.2, 0.25) is 0 Å². The van der Waals surface area contributed by atoms with Crippen molar-refractivity contribution in [3.8, 4) is 11.5 Å². The first-order chi connectivity index (χ1) is 10.6. The first kappa shape index (κ1) is 15.8. The first-order valence-corrected chi connectivity index (χ1v) is 7.24. The quantitative estimate of drug-likeness (QED) is 0.828. The Bertz CT molecular complexity index is 654. The Labute approximate surface area is 131 Å². The van der Waals surface area contributed by atoms with Gasteiger partial charge >= 0.3 is 5.97 Å². The van der Waals surface area contributed by atoms with Gasteiger partial charge in [0.2, 0.25) is 0 Å². The highest BCUT2D eigenvalue weighted by Gasteiger charge is 2.13. The molecular weight excluding hydrogens is 306 g/mol. The summed E-state index contributed by atoms with van der Waals surface area (Å²) in [7, 11) is 3.02. The summed E-state index contributed by atoms with van der Waals surface area (Å²) in [6, 6.07) is 8.38. The van der Waals surface area contributed by atoms with E-state index in [1.54, 1.807) is 35.7 Å². The van der Waals surface area contributed by atoms with E-state index in [1.165, 1.54) is 25.6 Å². The minimum absolute atomic E-state index is 0.378. The third-order valence-electron chi connectivity index (χ3n) is 2.74. The molecule has 2 aromatic rings. The van der Waals surface area contributed by atoms with Gasteiger partial charge in [0.05, 0.1) is 19.9 Å². The zero-order valence-corrected chi connectivity index (χ0v) is 12.9. The molecule has 1 aromatic heterocycles. The Hall–Kier alpha value is -2.54. The standard InChI is InChI=1S/C15H15NO5S/c1-19-10-5-6-12(20-2)11(8-10)16-14(17)9-21-15(18)13-4-3-7-22-13/h3-8H,9H2,1-2H3,(H,16,17). The molecule has 7 heteroatoms. The van der Waals surface area contributed by atoms with E-state index < -0.39 is 11.9 Å². The molecule has 6 nitrogen and oxygen atoms in total. The smallest absolute Gasteiger partial charge is 0.348 e. The predicted octanol–water partition coefficient (Wildman–Crippen LogP) is 2.56. The molecule has 0 aliphatic rings. The van der Waals surface area contributed by atoms with Crippen LogP contribution in [0.4, 0.5) is 5.69 Å². The second kappa shape index (κ2) is 7.46. The number of hydrogen-bond donors (Lipinski definition) is 1. The SMILES string of the molecule is COc1ccc(OC)c(NC(=O)COC(=O)c2cccs2)c1. The molecule has 0 fully saturated rings. The number of hydrogen-bond acceptors (Lipinski definition) is 6. The molecule has 0 saturated heterocycles. The highest BCUT2D eigenvalue weighted by atomic mass is 32.1. The highest BCUT2D eigenvalue weighted by molar-refractivity contribution is 7.11. The van der Waals surface area contributed by atoms with Gasteiger partial charge in [0.15, 0.2) is 6.61 Å². The number of rotatable bonds is 6. The summed E-state index contributed by atoms with van der Waals surface area (Å²) in [5, 5.41) is 4.38. The van der Waals surface area contributed by atoms with Crippen molar-refractivity contribution in [2.45, 2.75) is 0 Å². The molecule has 0 unspecified atom stereocenters. The molecule has 1 N–H and O–H groups in total. The van der Waals surface area contributed by atoms with E-state index in [4.69, 9.17) is 14.2 Å². The van der Waals surface area contributed by atoms with Crippen LogP contribution in [0.15, 0.2) is 35.7 Å². The number of benzene rings is 1. The van der Waals surface area contributed by atoms with Crippen molar-refractivity contribution in [3.05, 3.63) is 40.6 Å². The van der Waals surface area contributed by atoms with Crippen molar-refractivity contribution < 1.29 is 23.8 Å². The Morgan fingerprint density at radius 2 is 2.00 bits per heavy atom. The van der Waals surface area contributed by atoms with Crippen molar-refractivity contribution in [2.75, 3.05) is 26.1 Å². The molecule has 0 bridgehead atoms. The van der Waals surface area contributed by atoms with E-state index in [9.17, 15) is 9.59 Å². The summed E-state index contributed by atoms with van der Waals surface area (Å²) >= 11 is 1.25. The van der Waals surface area contributed by atoms with E-state index in [2.05, 4.69) is 5.32 Å². The fourth-order valence-corrected chi connectivity index (χ4v) is 2.31. The Morgan fingerprint density at radius 1 is 1.18 bits per heavy atom. The summed E-state index contributed by atoms with van der Waals surface area (Å²) in [4.78, 5) is 24.0. The van der Waals surface area contributed by atoms with Crippen LogP contribution < -0.4 is 14.8 Å². The third-order valence-corrected chi connectivity index (χ3v) is 3.59. The van der Waals surface area contributed by atoms with Gasteiger partial charge < -0.3 is 19.5 Å². The molecular formula is C15H15NO5S. The summed E-state index contributed by atoms with van der Waals surface area (Å²) in [5.41, 5.74) is 0.444. The molecule has 0 aliphatic heterocycles. The van der Waals surface area contributed by atoms with Crippen LogP contribution in [0.3, 0.4) is 0 Å². The van der Waals surface area contributed by atoms with Gasteiger partial charge in [-0.2, -0.15) is 0 Å². The number of ether oxygens (including phenoxy) is 3. The molecule has 0 spiro atoms. The van der Waals surface area contributed by atoms with Crippen molar-refractivity contribution in [2.24, 2.45) is 0 Å². The van der Waals surface area contributed by atoms with Gasteiger partial charge in [-0.25, -0.2) is 4.79 Å². The van der Waals surface area contributed by atoms with E-state index in [0.29, 0.717) is 22.1 Å². The fourth-order valence-electron chi connectivity index (χ4n) is 1.69.